The van der Waals surface area contributed by atoms with Crippen LogP contribution in [-0.2, 0) is 6.42 Å². The van der Waals surface area contributed by atoms with E-state index in [4.69, 9.17) is 10.5 Å². The van der Waals surface area contributed by atoms with Crippen LogP contribution in [0.15, 0.2) is 42.5 Å². The maximum absolute atomic E-state index is 13.9. The van der Waals surface area contributed by atoms with Crippen LogP contribution in [0.5, 0.6) is 11.5 Å². The van der Waals surface area contributed by atoms with Gasteiger partial charge in [-0.1, -0.05) is 38.1 Å². The predicted molar refractivity (Wildman–Crippen MR) is 79.8 cm³/mol. The summed E-state index contributed by atoms with van der Waals surface area (Å²) >= 11 is 0. The topological polar surface area (TPSA) is 35.2 Å². The summed E-state index contributed by atoms with van der Waals surface area (Å²) in [6.45, 7) is 4.60. The Morgan fingerprint density at radius 2 is 1.75 bits per heavy atom. The average molecular weight is 273 g/mol. The summed E-state index contributed by atoms with van der Waals surface area (Å²) < 4.78 is 19.8. The quantitative estimate of drug-likeness (QED) is 0.884. The molecule has 0 saturated carbocycles. The van der Waals surface area contributed by atoms with Crippen LogP contribution < -0.4 is 10.5 Å². The summed E-state index contributed by atoms with van der Waals surface area (Å²) in [5.41, 5.74) is 7.19. The smallest absolute Gasteiger partial charge is 0.133 e. The predicted octanol–water partition coefficient (Wildman–Crippen LogP) is 4.24. The maximum Gasteiger partial charge on any atom is 0.133 e. The van der Waals surface area contributed by atoms with E-state index in [9.17, 15) is 4.39 Å². The molecule has 0 spiro atoms. The van der Waals surface area contributed by atoms with Crippen molar-refractivity contribution in [2.75, 3.05) is 6.54 Å². The summed E-state index contributed by atoms with van der Waals surface area (Å²) in [5.74, 6) is 1.39. The van der Waals surface area contributed by atoms with Crippen LogP contribution in [0.4, 0.5) is 4.39 Å². The molecule has 20 heavy (non-hydrogen) atoms. The van der Waals surface area contributed by atoms with Crippen molar-refractivity contribution in [3.8, 4) is 11.5 Å². The van der Waals surface area contributed by atoms with Gasteiger partial charge in [-0.3, -0.25) is 0 Å². The molecule has 0 aliphatic rings. The number of ether oxygens (including phenoxy) is 1. The number of halogens is 1. The van der Waals surface area contributed by atoms with Crippen LogP contribution in [0.2, 0.25) is 0 Å². The lowest BCUT2D eigenvalue weighted by Gasteiger charge is -2.16. The lowest BCUT2D eigenvalue weighted by atomic mass is 10.0. The number of hydrogen-bond donors (Lipinski definition) is 1. The zero-order valence-corrected chi connectivity index (χ0v) is 11.9. The van der Waals surface area contributed by atoms with Crippen molar-refractivity contribution < 1.29 is 9.13 Å². The molecule has 0 atom stereocenters. The Bertz CT molecular complexity index is 581. The van der Waals surface area contributed by atoms with Crippen LogP contribution in [-0.4, -0.2) is 6.54 Å². The van der Waals surface area contributed by atoms with Gasteiger partial charge in [-0.2, -0.15) is 0 Å². The molecule has 3 heteroatoms. The lowest BCUT2D eigenvalue weighted by Crippen LogP contribution is -2.06. The fourth-order valence-corrected chi connectivity index (χ4v) is 2.19. The van der Waals surface area contributed by atoms with Gasteiger partial charge < -0.3 is 10.5 Å². The molecule has 2 rings (SSSR count). The number of benzene rings is 2. The molecule has 0 aliphatic heterocycles. The lowest BCUT2D eigenvalue weighted by molar-refractivity contribution is 0.459. The van der Waals surface area contributed by atoms with Gasteiger partial charge in [0.15, 0.2) is 0 Å². The molecule has 2 aromatic carbocycles. The van der Waals surface area contributed by atoms with Crippen LogP contribution in [0, 0.1) is 5.82 Å². The van der Waals surface area contributed by atoms with Gasteiger partial charge in [-0.15, -0.1) is 0 Å². The first-order valence-corrected chi connectivity index (χ1v) is 6.87. The molecule has 0 amide bonds. The Balaban J connectivity index is 2.38. The monoisotopic (exact) mass is 273 g/mol. The molecule has 2 aromatic rings. The van der Waals surface area contributed by atoms with Crippen LogP contribution in [0.3, 0.4) is 0 Å². The Morgan fingerprint density at radius 3 is 2.45 bits per heavy atom. The van der Waals surface area contributed by atoms with E-state index in [1.54, 1.807) is 12.1 Å². The summed E-state index contributed by atoms with van der Waals surface area (Å²) in [6, 6.07) is 12.7. The van der Waals surface area contributed by atoms with Gasteiger partial charge in [0.05, 0.1) is 0 Å². The van der Waals surface area contributed by atoms with Gasteiger partial charge >= 0.3 is 0 Å². The molecule has 0 bridgehead atoms. The Kier molecular flexibility index (Phi) is 4.74. The molecule has 2 N–H and O–H groups in total. The first kappa shape index (κ1) is 14.5. The number of para-hydroxylation sites is 1. The van der Waals surface area contributed by atoms with Crippen LogP contribution in [0.1, 0.15) is 30.9 Å². The summed E-state index contributed by atoms with van der Waals surface area (Å²) in [5, 5.41) is 0. The van der Waals surface area contributed by atoms with E-state index in [2.05, 4.69) is 13.8 Å². The first-order chi connectivity index (χ1) is 9.63. The Labute approximate surface area is 119 Å². The van der Waals surface area contributed by atoms with Crippen molar-refractivity contribution in [3.05, 3.63) is 59.4 Å². The fourth-order valence-electron chi connectivity index (χ4n) is 2.19. The standard InChI is InChI=1S/C17H20FNO/c1-12(2)13-6-3-4-8-16(13)20-17-9-5-7-15(18)14(17)10-11-19/h3-9,12H,10-11,19H2,1-2H3. The third kappa shape index (κ3) is 3.17. The Hall–Kier alpha value is -1.87. The highest BCUT2D eigenvalue weighted by Crippen LogP contribution is 2.32. The molecule has 0 unspecified atom stereocenters. The van der Waals surface area contributed by atoms with E-state index < -0.39 is 0 Å². The van der Waals surface area contributed by atoms with Gasteiger partial charge in [-0.05, 0) is 42.6 Å². The normalized spacial score (nSPS) is 10.8. The van der Waals surface area contributed by atoms with Crippen molar-refractivity contribution >= 4 is 0 Å². The van der Waals surface area contributed by atoms with Gasteiger partial charge in [-0.25, -0.2) is 4.39 Å². The maximum atomic E-state index is 13.9. The largest absolute Gasteiger partial charge is 0.457 e. The van der Waals surface area contributed by atoms with Gasteiger partial charge in [0.2, 0.25) is 0 Å². The first-order valence-electron chi connectivity index (χ1n) is 6.87. The Morgan fingerprint density at radius 1 is 1.05 bits per heavy atom. The average Bonchev–Trinajstić information content (AvgIpc) is 2.43. The fraction of sp³-hybridized carbons (Fsp3) is 0.294. The van der Waals surface area contributed by atoms with E-state index in [1.807, 2.05) is 24.3 Å². The molecule has 0 saturated heterocycles. The van der Waals surface area contributed by atoms with Crippen LogP contribution >= 0.6 is 0 Å². The van der Waals surface area contributed by atoms with Gasteiger partial charge in [0, 0.05) is 5.56 Å². The highest BCUT2D eigenvalue weighted by Gasteiger charge is 2.12. The second-order valence-electron chi connectivity index (χ2n) is 5.05. The van der Waals surface area contributed by atoms with E-state index in [-0.39, 0.29) is 5.82 Å². The van der Waals surface area contributed by atoms with Crippen molar-refractivity contribution in [1.82, 2.24) is 0 Å². The zero-order chi connectivity index (χ0) is 14.5. The zero-order valence-electron chi connectivity index (χ0n) is 11.9. The van der Waals surface area contributed by atoms with Crippen molar-refractivity contribution in [2.24, 2.45) is 5.73 Å². The minimum atomic E-state index is -0.269. The molecule has 0 aromatic heterocycles. The van der Waals surface area contributed by atoms with Gasteiger partial charge in [0.1, 0.15) is 17.3 Å². The van der Waals surface area contributed by atoms with Crippen molar-refractivity contribution in [2.45, 2.75) is 26.2 Å². The van der Waals surface area contributed by atoms with Gasteiger partial charge in [0.25, 0.3) is 0 Å². The number of rotatable bonds is 5. The highest BCUT2D eigenvalue weighted by atomic mass is 19.1. The van der Waals surface area contributed by atoms with E-state index >= 15 is 0 Å². The molecule has 0 aliphatic carbocycles. The number of nitrogens with two attached hydrogens (primary N) is 1. The molecular formula is C17H20FNO. The number of hydrogen-bond acceptors (Lipinski definition) is 2. The third-order valence-corrected chi connectivity index (χ3v) is 3.23. The molecular weight excluding hydrogens is 253 g/mol. The van der Waals surface area contributed by atoms with E-state index in [0.29, 0.717) is 30.2 Å². The molecule has 106 valence electrons. The second-order valence-corrected chi connectivity index (χ2v) is 5.05. The summed E-state index contributed by atoms with van der Waals surface area (Å²) in [7, 11) is 0. The van der Waals surface area contributed by atoms with Crippen molar-refractivity contribution in [3.63, 3.8) is 0 Å². The molecule has 0 radical (unpaired) electrons. The van der Waals surface area contributed by atoms with Crippen LogP contribution in [0.25, 0.3) is 0 Å². The summed E-state index contributed by atoms with van der Waals surface area (Å²) in [4.78, 5) is 0. The SMILES string of the molecule is CC(C)c1ccccc1Oc1cccc(F)c1CCN. The second kappa shape index (κ2) is 6.53. The molecule has 2 nitrogen and oxygen atoms in total. The molecule has 0 heterocycles. The highest BCUT2D eigenvalue weighted by molar-refractivity contribution is 5.43. The van der Waals surface area contributed by atoms with E-state index in [0.717, 1.165) is 11.3 Å². The summed E-state index contributed by atoms with van der Waals surface area (Å²) in [6.07, 6.45) is 0.464. The minimum absolute atomic E-state index is 0.269. The molecule has 0 fully saturated rings. The van der Waals surface area contributed by atoms with E-state index in [1.165, 1.54) is 6.07 Å². The van der Waals surface area contributed by atoms with Crippen molar-refractivity contribution in [1.29, 1.82) is 0 Å². The third-order valence-electron chi connectivity index (χ3n) is 3.23. The minimum Gasteiger partial charge on any atom is -0.457 e.